The first kappa shape index (κ1) is 12.8. The Bertz CT molecular complexity index is 292. The average molecular weight is 269 g/mol. The average Bonchev–Trinajstić information content (AvgIpc) is 2.15. The second-order valence-corrected chi connectivity index (χ2v) is 6.46. The molecule has 0 spiro atoms. The lowest BCUT2D eigenvalue weighted by Gasteiger charge is -2.25. The molecule has 0 bridgehead atoms. The molecule has 0 fully saturated rings. The van der Waals surface area contributed by atoms with Gasteiger partial charge in [-0.1, -0.05) is 66.5 Å². The summed E-state index contributed by atoms with van der Waals surface area (Å²) < 4.78 is 0. The number of alkyl halides is 1. The summed E-state index contributed by atoms with van der Waals surface area (Å²) in [6.45, 7) is 8.97. The molecule has 0 N–H and O–H groups in total. The quantitative estimate of drug-likeness (QED) is 0.695. The van der Waals surface area contributed by atoms with Crippen molar-refractivity contribution in [3.63, 3.8) is 0 Å². The topological polar surface area (TPSA) is 0 Å². The Morgan fingerprint density at radius 1 is 1.13 bits per heavy atom. The summed E-state index contributed by atoms with van der Waals surface area (Å²) in [5.74, 6) is 0. The van der Waals surface area contributed by atoms with Gasteiger partial charge in [0.05, 0.1) is 0 Å². The Labute approximate surface area is 102 Å². The van der Waals surface area contributed by atoms with Crippen LogP contribution in [0.25, 0.3) is 0 Å². The fourth-order valence-electron chi connectivity index (χ4n) is 1.48. The number of hydrogen-bond acceptors (Lipinski definition) is 0. The summed E-state index contributed by atoms with van der Waals surface area (Å²) in [4.78, 5) is 0.589. The molecule has 0 amide bonds. The van der Waals surface area contributed by atoms with Crippen molar-refractivity contribution >= 4 is 15.9 Å². The molecule has 1 rings (SSSR count). The maximum Gasteiger partial charge on any atom is 0.0197 e. The maximum atomic E-state index is 3.77. The molecule has 1 aromatic carbocycles. The van der Waals surface area contributed by atoms with Gasteiger partial charge in [-0.15, -0.1) is 0 Å². The van der Waals surface area contributed by atoms with Gasteiger partial charge in [-0.2, -0.15) is 0 Å². The third kappa shape index (κ3) is 4.38. The number of halogens is 1. The Kier molecular flexibility index (Phi) is 4.39. The molecular weight excluding hydrogens is 248 g/mol. The Morgan fingerprint density at radius 2 is 1.67 bits per heavy atom. The van der Waals surface area contributed by atoms with Crippen molar-refractivity contribution in [2.24, 2.45) is 5.41 Å². The highest BCUT2D eigenvalue weighted by Gasteiger charge is 2.20. The van der Waals surface area contributed by atoms with Gasteiger partial charge >= 0.3 is 0 Å². The predicted molar refractivity (Wildman–Crippen MR) is 71.7 cm³/mol. The summed E-state index contributed by atoms with van der Waals surface area (Å²) in [5, 5.41) is 0. The number of benzene rings is 1. The summed E-state index contributed by atoms with van der Waals surface area (Å²) in [7, 11) is 0. The number of hydrogen-bond donors (Lipinski definition) is 0. The second-order valence-electron chi connectivity index (χ2n) is 5.36. The van der Waals surface area contributed by atoms with Crippen LogP contribution in [0.5, 0.6) is 0 Å². The van der Waals surface area contributed by atoms with Crippen LogP contribution in [0, 0.1) is 12.3 Å². The zero-order valence-corrected chi connectivity index (χ0v) is 11.8. The second kappa shape index (κ2) is 5.16. The van der Waals surface area contributed by atoms with Gasteiger partial charge in [0.2, 0.25) is 0 Å². The van der Waals surface area contributed by atoms with E-state index in [2.05, 4.69) is 67.9 Å². The lowest BCUT2D eigenvalue weighted by Crippen LogP contribution is -2.20. The minimum Gasteiger partial charge on any atom is -0.0885 e. The third-order valence-electron chi connectivity index (χ3n) is 2.75. The van der Waals surface area contributed by atoms with Crippen LogP contribution in [-0.4, -0.2) is 4.83 Å². The van der Waals surface area contributed by atoms with E-state index in [-0.39, 0.29) is 0 Å². The standard InChI is InChI=1S/C14H21Br/c1-11-5-7-12(8-6-11)9-10-13(15)14(2,3)4/h5-8,13H,9-10H2,1-4H3. The molecule has 0 aromatic heterocycles. The van der Waals surface area contributed by atoms with Gasteiger partial charge in [0, 0.05) is 4.83 Å². The van der Waals surface area contributed by atoms with Crippen molar-refractivity contribution in [2.75, 3.05) is 0 Å². The van der Waals surface area contributed by atoms with Crippen LogP contribution in [0.1, 0.15) is 38.3 Å². The van der Waals surface area contributed by atoms with Crippen molar-refractivity contribution in [1.82, 2.24) is 0 Å². The van der Waals surface area contributed by atoms with Crippen molar-refractivity contribution < 1.29 is 0 Å². The summed E-state index contributed by atoms with van der Waals surface area (Å²) in [5.41, 5.74) is 3.13. The molecule has 0 saturated heterocycles. The maximum absolute atomic E-state index is 3.77. The van der Waals surface area contributed by atoms with E-state index in [1.165, 1.54) is 17.5 Å². The summed E-state index contributed by atoms with van der Waals surface area (Å²) >= 11 is 3.77. The monoisotopic (exact) mass is 268 g/mol. The molecule has 1 unspecified atom stereocenters. The highest BCUT2D eigenvalue weighted by molar-refractivity contribution is 9.09. The minimum atomic E-state index is 0.352. The van der Waals surface area contributed by atoms with Crippen molar-refractivity contribution in [2.45, 2.75) is 45.4 Å². The van der Waals surface area contributed by atoms with Crippen molar-refractivity contribution in [3.05, 3.63) is 35.4 Å². The van der Waals surface area contributed by atoms with Gasteiger partial charge < -0.3 is 0 Å². The SMILES string of the molecule is Cc1ccc(CCC(Br)C(C)(C)C)cc1. The molecule has 0 saturated carbocycles. The third-order valence-corrected chi connectivity index (χ3v) is 4.58. The Hall–Kier alpha value is -0.300. The molecule has 0 heterocycles. The molecule has 15 heavy (non-hydrogen) atoms. The molecule has 0 nitrogen and oxygen atoms in total. The fraction of sp³-hybridized carbons (Fsp3) is 0.571. The van der Waals surface area contributed by atoms with Crippen LogP contribution < -0.4 is 0 Å². The molecular formula is C14H21Br. The number of rotatable bonds is 3. The van der Waals surface area contributed by atoms with Gasteiger partial charge in [-0.3, -0.25) is 0 Å². The molecule has 1 aromatic rings. The van der Waals surface area contributed by atoms with E-state index < -0.39 is 0 Å². The van der Waals surface area contributed by atoms with Crippen LogP contribution in [0.4, 0.5) is 0 Å². The van der Waals surface area contributed by atoms with E-state index >= 15 is 0 Å². The first-order valence-corrected chi connectivity index (χ1v) is 6.51. The molecule has 84 valence electrons. The van der Waals surface area contributed by atoms with E-state index in [1.54, 1.807) is 0 Å². The van der Waals surface area contributed by atoms with Crippen LogP contribution in [-0.2, 0) is 6.42 Å². The molecule has 0 aliphatic carbocycles. The highest BCUT2D eigenvalue weighted by Crippen LogP contribution is 2.29. The van der Waals surface area contributed by atoms with E-state index in [0.29, 0.717) is 10.2 Å². The molecule has 1 atom stereocenters. The molecule has 1 heteroatoms. The van der Waals surface area contributed by atoms with E-state index in [0.717, 1.165) is 6.42 Å². The predicted octanol–water partition coefficient (Wildman–Crippen LogP) is 4.74. The Balaban J connectivity index is 2.47. The summed E-state index contributed by atoms with van der Waals surface area (Å²) in [6.07, 6.45) is 2.36. The largest absolute Gasteiger partial charge is 0.0885 e. The molecule has 0 radical (unpaired) electrons. The van der Waals surface area contributed by atoms with Crippen molar-refractivity contribution in [1.29, 1.82) is 0 Å². The number of aryl methyl sites for hydroxylation is 2. The van der Waals surface area contributed by atoms with Gasteiger partial charge in [-0.25, -0.2) is 0 Å². The van der Waals surface area contributed by atoms with Crippen LogP contribution in [0.15, 0.2) is 24.3 Å². The fourth-order valence-corrected chi connectivity index (χ4v) is 1.71. The summed E-state index contributed by atoms with van der Waals surface area (Å²) in [6, 6.07) is 8.85. The lowest BCUT2D eigenvalue weighted by atomic mass is 9.89. The first-order chi connectivity index (χ1) is 6.89. The van der Waals surface area contributed by atoms with E-state index in [1.807, 2.05) is 0 Å². The molecule has 0 aliphatic rings. The molecule has 0 aliphatic heterocycles. The van der Waals surface area contributed by atoms with Crippen LogP contribution >= 0.6 is 15.9 Å². The zero-order valence-electron chi connectivity index (χ0n) is 10.2. The highest BCUT2D eigenvalue weighted by atomic mass is 79.9. The van der Waals surface area contributed by atoms with E-state index in [9.17, 15) is 0 Å². The lowest BCUT2D eigenvalue weighted by molar-refractivity contribution is 0.386. The van der Waals surface area contributed by atoms with Gasteiger partial charge in [-0.05, 0) is 30.7 Å². The van der Waals surface area contributed by atoms with Gasteiger partial charge in [0.1, 0.15) is 0 Å². The Morgan fingerprint density at radius 3 is 2.13 bits per heavy atom. The normalized spacial score (nSPS) is 13.9. The smallest absolute Gasteiger partial charge is 0.0197 e. The van der Waals surface area contributed by atoms with Gasteiger partial charge in [0.25, 0.3) is 0 Å². The van der Waals surface area contributed by atoms with E-state index in [4.69, 9.17) is 0 Å². The van der Waals surface area contributed by atoms with Crippen LogP contribution in [0.2, 0.25) is 0 Å². The first-order valence-electron chi connectivity index (χ1n) is 5.59. The minimum absolute atomic E-state index is 0.352. The van der Waals surface area contributed by atoms with Gasteiger partial charge in [0.15, 0.2) is 0 Å². The van der Waals surface area contributed by atoms with Crippen LogP contribution in [0.3, 0.4) is 0 Å². The van der Waals surface area contributed by atoms with Crippen molar-refractivity contribution in [3.8, 4) is 0 Å². The zero-order chi connectivity index (χ0) is 11.5.